The lowest BCUT2D eigenvalue weighted by molar-refractivity contribution is -0.0914. The third-order valence-electron chi connectivity index (χ3n) is 3.19. The molecule has 2 atom stereocenters. The standard InChI is InChI=1S/C13H19ClO2/c1-4-13(2,16-3)12(15)9-10-6-5-7-11(14)8-10/h5-8,12,15H,4,9H2,1-3H3. The van der Waals surface area contributed by atoms with Crippen molar-refractivity contribution < 1.29 is 9.84 Å². The van der Waals surface area contributed by atoms with Gasteiger partial charge in [0.15, 0.2) is 0 Å². The largest absolute Gasteiger partial charge is 0.390 e. The average Bonchev–Trinajstić information content (AvgIpc) is 2.28. The van der Waals surface area contributed by atoms with E-state index in [9.17, 15) is 5.11 Å². The van der Waals surface area contributed by atoms with E-state index in [1.165, 1.54) is 0 Å². The van der Waals surface area contributed by atoms with Gasteiger partial charge in [0, 0.05) is 18.6 Å². The van der Waals surface area contributed by atoms with Gasteiger partial charge in [0.25, 0.3) is 0 Å². The van der Waals surface area contributed by atoms with E-state index < -0.39 is 11.7 Å². The Hall–Kier alpha value is -0.570. The zero-order chi connectivity index (χ0) is 12.2. The molecule has 0 aliphatic carbocycles. The van der Waals surface area contributed by atoms with Crippen LogP contribution in [0.2, 0.25) is 5.02 Å². The number of hydrogen-bond acceptors (Lipinski definition) is 2. The summed E-state index contributed by atoms with van der Waals surface area (Å²) in [7, 11) is 1.63. The lowest BCUT2D eigenvalue weighted by Gasteiger charge is -2.32. The van der Waals surface area contributed by atoms with Gasteiger partial charge in [-0.3, -0.25) is 0 Å². The van der Waals surface area contributed by atoms with E-state index in [2.05, 4.69) is 0 Å². The number of benzene rings is 1. The van der Waals surface area contributed by atoms with Crippen LogP contribution in [0.25, 0.3) is 0 Å². The molecular weight excluding hydrogens is 224 g/mol. The fraction of sp³-hybridized carbons (Fsp3) is 0.538. The van der Waals surface area contributed by atoms with E-state index in [0.29, 0.717) is 11.4 Å². The maximum absolute atomic E-state index is 10.1. The molecule has 0 amide bonds. The van der Waals surface area contributed by atoms with Crippen LogP contribution in [0, 0.1) is 0 Å². The lowest BCUT2D eigenvalue weighted by Crippen LogP contribution is -2.42. The highest BCUT2D eigenvalue weighted by atomic mass is 35.5. The first-order valence-corrected chi connectivity index (χ1v) is 5.87. The Labute approximate surface area is 102 Å². The first-order chi connectivity index (χ1) is 7.51. The van der Waals surface area contributed by atoms with Gasteiger partial charge in [0.2, 0.25) is 0 Å². The highest BCUT2D eigenvalue weighted by Crippen LogP contribution is 2.23. The molecule has 3 heteroatoms. The number of methoxy groups -OCH3 is 1. The Bertz CT molecular complexity index is 334. The molecule has 0 spiro atoms. The lowest BCUT2D eigenvalue weighted by atomic mass is 9.91. The molecule has 0 radical (unpaired) electrons. The van der Waals surface area contributed by atoms with E-state index in [1.807, 2.05) is 38.1 Å². The quantitative estimate of drug-likeness (QED) is 0.860. The van der Waals surface area contributed by atoms with Crippen molar-refractivity contribution in [2.24, 2.45) is 0 Å². The molecule has 1 rings (SSSR count). The van der Waals surface area contributed by atoms with Crippen LogP contribution in [0.4, 0.5) is 0 Å². The van der Waals surface area contributed by atoms with Crippen LogP contribution in [-0.4, -0.2) is 23.9 Å². The Morgan fingerprint density at radius 1 is 1.50 bits per heavy atom. The Balaban J connectivity index is 2.74. The average molecular weight is 243 g/mol. The zero-order valence-corrected chi connectivity index (χ0v) is 10.8. The first-order valence-electron chi connectivity index (χ1n) is 5.49. The van der Waals surface area contributed by atoms with E-state index in [4.69, 9.17) is 16.3 Å². The second-order valence-corrected chi connectivity index (χ2v) is 4.66. The van der Waals surface area contributed by atoms with Gasteiger partial charge in [0.05, 0.1) is 11.7 Å². The van der Waals surface area contributed by atoms with Crippen LogP contribution in [0.3, 0.4) is 0 Å². The number of aliphatic hydroxyl groups is 1. The summed E-state index contributed by atoms with van der Waals surface area (Å²) in [5.74, 6) is 0. The van der Waals surface area contributed by atoms with Crippen molar-refractivity contribution in [1.29, 1.82) is 0 Å². The summed E-state index contributed by atoms with van der Waals surface area (Å²) >= 11 is 5.90. The molecule has 0 heterocycles. The molecule has 2 nitrogen and oxygen atoms in total. The van der Waals surface area contributed by atoms with Gasteiger partial charge in [0.1, 0.15) is 0 Å². The number of halogens is 1. The molecule has 0 bridgehead atoms. The fourth-order valence-corrected chi connectivity index (χ4v) is 1.83. The predicted octanol–water partition coefficient (Wildman–Crippen LogP) is 3.06. The van der Waals surface area contributed by atoms with E-state index in [0.717, 1.165) is 12.0 Å². The molecule has 90 valence electrons. The third-order valence-corrected chi connectivity index (χ3v) is 3.43. The van der Waals surface area contributed by atoms with Gasteiger partial charge in [-0.1, -0.05) is 30.7 Å². The van der Waals surface area contributed by atoms with Gasteiger partial charge in [-0.2, -0.15) is 0 Å². The van der Waals surface area contributed by atoms with Crippen molar-refractivity contribution in [3.8, 4) is 0 Å². The van der Waals surface area contributed by atoms with Gasteiger partial charge in [-0.25, -0.2) is 0 Å². The van der Waals surface area contributed by atoms with Crippen LogP contribution in [0.15, 0.2) is 24.3 Å². The molecule has 1 aromatic carbocycles. The normalized spacial score (nSPS) is 16.8. The monoisotopic (exact) mass is 242 g/mol. The number of rotatable bonds is 5. The molecule has 0 fully saturated rings. The minimum Gasteiger partial charge on any atom is -0.390 e. The van der Waals surface area contributed by atoms with Crippen molar-refractivity contribution in [3.63, 3.8) is 0 Å². The van der Waals surface area contributed by atoms with E-state index in [-0.39, 0.29) is 0 Å². The van der Waals surface area contributed by atoms with Crippen molar-refractivity contribution in [3.05, 3.63) is 34.9 Å². The Morgan fingerprint density at radius 2 is 2.19 bits per heavy atom. The number of hydrogen-bond donors (Lipinski definition) is 1. The molecule has 0 aliphatic rings. The summed E-state index contributed by atoms with van der Waals surface area (Å²) in [6, 6.07) is 7.55. The summed E-state index contributed by atoms with van der Waals surface area (Å²) in [5.41, 5.74) is 0.527. The van der Waals surface area contributed by atoms with Gasteiger partial charge in [-0.05, 0) is 31.0 Å². The second kappa shape index (κ2) is 5.67. The zero-order valence-electron chi connectivity index (χ0n) is 10.0. The summed E-state index contributed by atoms with van der Waals surface area (Å²) in [6.07, 6.45) is 0.797. The van der Waals surface area contributed by atoms with Crippen molar-refractivity contribution in [1.82, 2.24) is 0 Å². The van der Waals surface area contributed by atoms with E-state index >= 15 is 0 Å². The minimum absolute atomic E-state index is 0.498. The predicted molar refractivity (Wildman–Crippen MR) is 66.9 cm³/mol. The number of aliphatic hydroxyl groups excluding tert-OH is 1. The molecule has 2 unspecified atom stereocenters. The van der Waals surface area contributed by atoms with Crippen LogP contribution in [-0.2, 0) is 11.2 Å². The third kappa shape index (κ3) is 3.21. The molecule has 1 N–H and O–H groups in total. The maximum Gasteiger partial charge on any atom is 0.0909 e. The molecule has 0 saturated carbocycles. The van der Waals surface area contributed by atoms with Gasteiger partial charge >= 0.3 is 0 Å². The Kier molecular flexibility index (Phi) is 4.78. The van der Waals surface area contributed by atoms with Crippen LogP contribution in [0.5, 0.6) is 0 Å². The highest BCUT2D eigenvalue weighted by Gasteiger charge is 2.30. The molecule has 0 saturated heterocycles. The summed E-state index contributed by atoms with van der Waals surface area (Å²) in [6.45, 7) is 3.92. The summed E-state index contributed by atoms with van der Waals surface area (Å²) in [5, 5.41) is 10.8. The van der Waals surface area contributed by atoms with Crippen LogP contribution < -0.4 is 0 Å². The van der Waals surface area contributed by atoms with Crippen LogP contribution in [0.1, 0.15) is 25.8 Å². The van der Waals surface area contributed by atoms with Crippen molar-refractivity contribution in [2.45, 2.75) is 38.4 Å². The van der Waals surface area contributed by atoms with Gasteiger partial charge < -0.3 is 9.84 Å². The van der Waals surface area contributed by atoms with Crippen molar-refractivity contribution >= 4 is 11.6 Å². The Morgan fingerprint density at radius 3 is 2.69 bits per heavy atom. The topological polar surface area (TPSA) is 29.5 Å². The summed E-state index contributed by atoms with van der Waals surface area (Å²) < 4.78 is 5.37. The number of ether oxygens (including phenoxy) is 1. The second-order valence-electron chi connectivity index (χ2n) is 4.22. The van der Waals surface area contributed by atoms with E-state index in [1.54, 1.807) is 7.11 Å². The van der Waals surface area contributed by atoms with Crippen LogP contribution >= 0.6 is 11.6 Å². The SMILES string of the molecule is CCC(C)(OC)C(O)Cc1cccc(Cl)c1. The molecule has 16 heavy (non-hydrogen) atoms. The summed E-state index contributed by atoms with van der Waals surface area (Å²) in [4.78, 5) is 0. The first kappa shape index (κ1) is 13.5. The highest BCUT2D eigenvalue weighted by molar-refractivity contribution is 6.30. The van der Waals surface area contributed by atoms with Crippen molar-refractivity contribution in [2.75, 3.05) is 7.11 Å². The molecule has 0 aromatic heterocycles. The molecular formula is C13H19ClO2. The molecule has 1 aromatic rings. The maximum atomic E-state index is 10.1. The minimum atomic E-state index is -0.527. The van der Waals surface area contributed by atoms with Gasteiger partial charge in [-0.15, -0.1) is 0 Å². The fourth-order valence-electron chi connectivity index (χ4n) is 1.62. The smallest absolute Gasteiger partial charge is 0.0909 e. The molecule has 0 aliphatic heterocycles.